The highest BCUT2D eigenvalue weighted by molar-refractivity contribution is 5.89. The lowest BCUT2D eigenvalue weighted by Gasteiger charge is -2.42. The van der Waals surface area contributed by atoms with Gasteiger partial charge in [-0.15, -0.1) is 0 Å². The van der Waals surface area contributed by atoms with Gasteiger partial charge in [0.25, 0.3) is 0 Å². The van der Waals surface area contributed by atoms with Crippen molar-refractivity contribution in [2.75, 3.05) is 29.9 Å². The minimum Gasteiger partial charge on any atom is -0.370 e. The van der Waals surface area contributed by atoms with Crippen molar-refractivity contribution in [3.05, 3.63) is 23.8 Å². The van der Waals surface area contributed by atoms with Gasteiger partial charge < -0.3 is 15.1 Å². The van der Waals surface area contributed by atoms with Crippen molar-refractivity contribution in [3.63, 3.8) is 0 Å². The number of hydrogen-bond acceptors (Lipinski definition) is 3. The molecule has 2 amide bonds. The average Bonchev–Trinajstić information content (AvgIpc) is 3.03. The molecule has 1 N–H and O–H groups in total. The van der Waals surface area contributed by atoms with Crippen LogP contribution >= 0.6 is 0 Å². The lowest BCUT2D eigenvalue weighted by Crippen LogP contribution is -2.50. The minimum absolute atomic E-state index is 0.0876. The fourth-order valence-electron chi connectivity index (χ4n) is 5.62. The number of amides is 2. The zero-order valence-corrected chi connectivity index (χ0v) is 17.9. The molecule has 1 spiro atoms. The van der Waals surface area contributed by atoms with E-state index in [0.717, 1.165) is 38.2 Å². The van der Waals surface area contributed by atoms with E-state index in [1.807, 2.05) is 4.90 Å². The zero-order chi connectivity index (χ0) is 22.2. The highest BCUT2D eigenvalue weighted by atomic mass is 19.4. The Labute approximate surface area is 181 Å². The molecule has 1 aromatic rings. The van der Waals surface area contributed by atoms with Gasteiger partial charge in [0.15, 0.2) is 0 Å². The topological polar surface area (TPSA) is 52.7 Å². The van der Waals surface area contributed by atoms with Crippen LogP contribution < -0.4 is 10.2 Å². The van der Waals surface area contributed by atoms with Crippen LogP contribution in [-0.2, 0) is 15.8 Å². The van der Waals surface area contributed by atoms with Gasteiger partial charge in [-0.1, -0.05) is 19.3 Å². The number of alkyl halides is 3. The third kappa shape index (κ3) is 4.39. The van der Waals surface area contributed by atoms with Crippen LogP contribution in [0.25, 0.3) is 0 Å². The molecule has 4 rings (SSSR count). The Kier molecular flexibility index (Phi) is 5.92. The quantitative estimate of drug-likeness (QED) is 0.738. The van der Waals surface area contributed by atoms with Crippen molar-refractivity contribution < 1.29 is 22.8 Å². The monoisotopic (exact) mass is 437 g/mol. The number of carbonyl (C=O) groups excluding carboxylic acids is 2. The van der Waals surface area contributed by atoms with Crippen LogP contribution in [0.4, 0.5) is 24.5 Å². The van der Waals surface area contributed by atoms with Crippen LogP contribution in [-0.4, -0.2) is 42.4 Å². The van der Waals surface area contributed by atoms with Gasteiger partial charge in [0.1, 0.15) is 0 Å². The number of rotatable bonds is 3. The lowest BCUT2D eigenvalue weighted by atomic mass is 9.78. The molecular weight excluding hydrogens is 407 g/mol. The summed E-state index contributed by atoms with van der Waals surface area (Å²) in [6.45, 7) is 2.78. The van der Waals surface area contributed by atoms with E-state index in [4.69, 9.17) is 0 Å². The predicted octanol–water partition coefficient (Wildman–Crippen LogP) is 4.82. The summed E-state index contributed by atoms with van der Waals surface area (Å²) in [4.78, 5) is 28.5. The Bertz CT molecular complexity index is 851. The molecule has 8 heteroatoms. The molecule has 1 aliphatic carbocycles. The molecule has 2 heterocycles. The van der Waals surface area contributed by atoms with Gasteiger partial charge in [-0.05, 0) is 50.3 Å². The molecule has 0 unspecified atom stereocenters. The normalized spacial score (nSPS) is 25.4. The maximum Gasteiger partial charge on any atom is 0.418 e. The smallest absolute Gasteiger partial charge is 0.370 e. The first kappa shape index (κ1) is 22.0. The second-order valence-electron chi connectivity index (χ2n) is 9.26. The van der Waals surface area contributed by atoms with E-state index in [1.54, 1.807) is 4.90 Å². The molecule has 1 aromatic carbocycles. The van der Waals surface area contributed by atoms with E-state index in [-0.39, 0.29) is 17.3 Å². The fraction of sp³-hybridized carbons (Fsp3) is 0.652. The summed E-state index contributed by atoms with van der Waals surface area (Å²) in [7, 11) is 0. The molecule has 2 aliphatic heterocycles. The number of likely N-dealkylation sites (tertiary alicyclic amines) is 1. The first-order valence-corrected chi connectivity index (χ1v) is 11.2. The van der Waals surface area contributed by atoms with Gasteiger partial charge in [0, 0.05) is 44.0 Å². The standard InChI is InChI=1S/C23H30F3N3O2/c1-16(30)27-17-8-9-20(19(14-17)23(24,25)26)28-12-5-10-22(15-28)11-13-29(21(22)31)18-6-3-2-4-7-18/h8-9,14,18H,2-7,10-13,15H2,1H3,(H,27,30)/t22-/m1/s1. The van der Waals surface area contributed by atoms with Crippen molar-refractivity contribution >= 4 is 23.2 Å². The van der Waals surface area contributed by atoms with Gasteiger partial charge in [-0.25, -0.2) is 0 Å². The van der Waals surface area contributed by atoms with Crippen molar-refractivity contribution in [1.82, 2.24) is 4.90 Å². The highest BCUT2D eigenvalue weighted by Gasteiger charge is 2.51. The van der Waals surface area contributed by atoms with Gasteiger partial charge in [-0.2, -0.15) is 13.2 Å². The van der Waals surface area contributed by atoms with E-state index < -0.39 is 23.1 Å². The summed E-state index contributed by atoms with van der Waals surface area (Å²) >= 11 is 0. The molecule has 2 saturated heterocycles. The number of piperidine rings is 1. The summed E-state index contributed by atoms with van der Waals surface area (Å²) in [5.74, 6) is -0.287. The molecule has 5 nitrogen and oxygen atoms in total. The van der Waals surface area contributed by atoms with Crippen LogP contribution in [0.3, 0.4) is 0 Å². The van der Waals surface area contributed by atoms with Crippen LogP contribution in [0.15, 0.2) is 18.2 Å². The Morgan fingerprint density at radius 2 is 1.84 bits per heavy atom. The Morgan fingerprint density at radius 1 is 1.10 bits per heavy atom. The molecular formula is C23H30F3N3O2. The summed E-state index contributed by atoms with van der Waals surface area (Å²) < 4.78 is 41.6. The molecule has 3 fully saturated rings. The maximum atomic E-state index is 13.9. The Balaban J connectivity index is 1.58. The SMILES string of the molecule is CC(=O)Nc1ccc(N2CCC[C@@]3(CCN(C4CCCCC4)C3=O)C2)c(C(F)(F)F)c1. The highest BCUT2D eigenvalue weighted by Crippen LogP contribution is 2.46. The molecule has 170 valence electrons. The number of benzene rings is 1. The molecule has 1 atom stereocenters. The van der Waals surface area contributed by atoms with E-state index in [0.29, 0.717) is 38.5 Å². The maximum absolute atomic E-state index is 13.9. The van der Waals surface area contributed by atoms with Gasteiger partial charge in [0.05, 0.1) is 11.0 Å². The fourth-order valence-corrected chi connectivity index (χ4v) is 5.62. The molecule has 0 radical (unpaired) electrons. The largest absolute Gasteiger partial charge is 0.418 e. The van der Waals surface area contributed by atoms with Crippen LogP contribution in [0.5, 0.6) is 0 Å². The predicted molar refractivity (Wildman–Crippen MR) is 113 cm³/mol. The summed E-state index contributed by atoms with van der Waals surface area (Å²) in [6.07, 6.45) is 3.15. The minimum atomic E-state index is -4.55. The van der Waals surface area contributed by atoms with Crippen LogP contribution in [0, 0.1) is 5.41 Å². The second-order valence-corrected chi connectivity index (χ2v) is 9.26. The number of nitrogens with zero attached hydrogens (tertiary/aromatic N) is 2. The number of hydrogen-bond donors (Lipinski definition) is 1. The number of carbonyl (C=O) groups is 2. The van der Waals surface area contributed by atoms with Crippen molar-refractivity contribution in [2.24, 2.45) is 5.41 Å². The van der Waals surface area contributed by atoms with E-state index in [2.05, 4.69) is 5.32 Å². The first-order chi connectivity index (χ1) is 14.7. The lowest BCUT2D eigenvalue weighted by molar-refractivity contribution is -0.139. The van der Waals surface area contributed by atoms with E-state index in [1.165, 1.54) is 25.5 Å². The van der Waals surface area contributed by atoms with Crippen LogP contribution in [0.1, 0.15) is 63.9 Å². The Hall–Kier alpha value is -2.25. The van der Waals surface area contributed by atoms with Gasteiger partial charge >= 0.3 is 6.18 Å². The first-order valence-electron chi connectivity index (χ1n) is 11.2. The molecule has 3 aliphatic rings. The molecule has 0 aromatic heterocycles. The van der Waals surface area contributed by atoms with Crippen molar-refractivity contribution in [3.8, 4) is 0 Å². The van der Waals surface area contributed by atoms with Crippen molar-refractivity contribution in [1.29, 1.82) is 0 Å². The summed E-state index contributed by atoms with van der Waals surface area (Å²) in [6, 6.07) is 4.20. The van der Waals surface area contributed by atoms with Gasteiger partial charge in [0.2, 0.25) is 11.8 Å². The number of nitrogens with one attached hydrogen (secondary N) is 1. The molecule has 1 saturated carbocycles. The van der Waals surface area contributed by atoms with E-state index in [9.17, 15) is 22.8 Å². The van der Waals surface area contributed by atoms with Crippen LogP contribution in [0.2, 0.25) is 0 Å². The van der Waals surface area contributed by atoms with Crippen molar-refractivity contribution in [2.45, 2.75) is 70.5 Å². The summed E-state index contributed by atoms with van der Waals surface area (Å²) in [5.41, 5.74) is -1.15. The van der Waals surface area contributed by atoms with E-state index >= 15 is 0 Å². The third-order valence-electron chi connectivity index (χ3n) is 7.10. The number of anilines is 2. The molecule has 31 heavy (non-hydrogen) atoms. The van der Waals surface area contributed by atoms with Gasteiger partial charge in [-0.3, -0.25) is 9.59 Å². The third-order valence-corrected chi connectivity index (χ3v) is 7.10. The molecule has 0 bridgehead atoms. The second kappa shape index (κ2) is 8.36. The summed E-state index contributed by atoms with van der Waals surface area (Å²) in [5, 5.41) is 2.43. The zero-order valence-electron chi connectivity index (χ0n) is 17.9. The average molecular weight is 438 g/mol. The Morgan fingerprint density at radius 3 is 2.52 bits per heavy atom. The number of halogens is 3.